The molecule has 0 saturated carbocycles. The summed E-state index contributed by atoms with van der Waals surface area (Å²) >= 11 is 1.24. The van der Waals surface area contributed by atoms with E-state index in [0.717, 1.165) is 5.69 Å². The van der Waals surface area contributed by atoms with E-state index in [4.69, 9.17) is 9.47 Å². The summed E-state index contributed by atoms with van der Waals surface area (Å²) in [5.74, 6) is 1.49. The van der Waals surface area contributed by atoms with Crippen LogP contribution in [0.25, 0.3) is 0 Å². The maximum absolute atomic E-state index is 12.0. The van der Waals surface area contributed by atoms with Gasteiger partial charge in [0.1, 0.15) is 24.1 Å². The molecule has 0 bridgehead atoms. The van der Waals surface area contributed by atoms with Crippen LogP contribution in [0, 0.1) is 13.8 Å². The Morgan fingerprint density at radius 2 is 1.88 bits per heavy atom. The van der Waals surface area contributed by atoms with Gasteiger partial charge in [-0.25, -0.2) is 14.8 Å². The Balaban J connectivity index is 1.50. The lowest BCUT2D eigenvalue weighted by atomic mass is 10.2. The number of aromatic nitrogens is 2. The predicted molar refractivity (Wildman–Crippen MR) is 96.8 cm³/mol. The number of ether oxygens (including phenoxy) is 2. The van der Waals surface area contributed by atoms with Crippen LogP contribution in [0.4, 0.5) is 10.5 Å². The number of hydrogen-bond donors (Lipinski definition) is 2. The molecule has 2 heterocycles. The Morgan fingerprint density at radius 1 is 1.12 bits per heavy atom. The topological polar surface area (TPSA) is 102 Å². The molecule has 1 aliphatic heterocycles. The van der Waals surface area contributed by atoms with Crippen LogP contribution in [-0.2, 0) is 4.79 Å². The molecule has 1 aliphatic rings. The SMILES string of the molecule is Cc1cc(SCC(=O)NC(=O)Nc2ccc3c(c2)OCCO3)nc(C)n1. The maximum Gasteiger partial charge on any atom is 0.325 e. The number of aryl methyl sites for hydroxylation is 2. The molecule has 0 unspecified atom stereocenters. The van der Waals surface area contributed by atoms with E-state index in [0.29, 0.717) is 41.3 Å². The summed E-state index contributed by atoms with van der Waals surface area (Å²) in [7, 11) is 0. The van der Waals surface area contributed by atoms with Crippen LogP contribution in [0.3, 0.4) is 0 Å². The Bertz CT molecular complexity index is 823. The van der Waals surface area contributed by atoms with Crippen molar-refractivity contribution in [2.24, 2.45) is 0 Å². The standard InChI is InChI=1S/C17H18N4O4S/c1-10-7-16(19-11(2)18-10)26-9-15(22)21-17(23)20-12-3-4-13-14(8-12)25-6-5-24-13/h3-4,7-8H,5-6,9H2,1-2H3,(H2,20,21,22,23). The number of imide groups is 1. The van der Waals surface area contributed by atoms with Crippen molar-refractivity contribution in [3.63, 3.8) is 0 Å². The Labute approximate surface area is 154 Å². The number of rotatable bonds is 4. The van der Waals surface area contributed by atoms with Gasteiger partial charge < -0.3 is 14.8 Å². The molecule has 9 heteroatoms. The van der Waals surface area contributed by atoms with Crippen LogP contribution in [-0.4, -0.2) is 40.9 Å². The molecule has 0 spiro atoms. The zero-order valence-electron chi connectivity index (χ0n) is 14.4. The molecule has 1 aromatic carbocycles. The third-order valence-electron chi connectivity index (χ3n) is 3.35. The zero-order valence-corrected chi connectivity index (χ0v) is 15.2. The van der Waals surface area contributed by atoms with E-state index < -0.39 is 11.9 Å². The van der Waals surface area contributed by atoms with Crippen LogP contribution in [0.1, 0.15) is 11.5 Å². The molecule has 1 aromatic heterocycles. The molecule has 2 aromatic rings. The van der Waals surface area contributed by atoms with Crippen LogP contribution < -0.4 is 20.1 Å². The zero-order chi connectivity index (χ0) is 18.5. The first-order valence-electron chi connectivity index (χ1n) is 7.95. The second-order valence-corrected chi connectivity index (χ2v) is 6.54. The Hall–Kier alpha value is -2.81. The Morgan fingerprint density at radius 3 is 2.65 bits per heavy atom. The number of carbonyl (C=O) groups is 2. The minimum absolute atomic E-state index is 0.0739. The summed E-state index contributed by atoms with van der Waals surface area (Å²) in [6.07, 6.45) is 0. The number of nitrogens with zero attached hydrogens (tertiary/aromatic N) is 2. The fourth-order valence-corrected chi connectivity index (χ4v) is 3.14. The second-order valence-electron chi connectivity index (χ2n) is 5.54. The minimum atomic E-state index is -0.609. The van der Waals surface area contributed by atoms with E-state index in [1.165, 1.54) is 11.8 Å². The van der Waals surface area contributed by atoms with E-state index in [1.54, 1.807) is 31.2 Å². The predicted octanol–water partition coefficient (Wildman–Crippen LogP) is 2.31. The lowest BCUT2D eigenvalue weighted by Gasteiger charge is -2.19. The highest BCUT2D eigenvalue weighted by atomic mass is 32.2. The van der Waals surface area contributed by atoms with Crippen molar-refractivity contribution in [1.82, 2.24) is 15.3 Å². The number of amides is 3. The highest BCUT2D eigenvalue weighted by Crippen LogP contribution is 2.32. The summed E-state index contributed by atoms with van der Waals surface area (Å²) in [5, 5.41) is 5.57. The largest absolute Gasteiger partial charge is 0.486 e. The molecular formula is C17H18N4O4S. The molecule has 0 radical (unpaired) electrons. The fraction of sp³-hybridized carbons (Fsp3) is 0.294. The molecule has 0 aliphatic carbocycles. The smallest absolute Gasteiger partial charge is 0.325 e. The quantitative estimate of drug-likeness (QED) is 0.625. The van der Waals surface area contributed by atoms with Crippen molar-refractivity contribution in [3.05, 3.63) is 35.8 Å². The summed E-state index contributed by atoms with van der Waals surface area (Å²) in [6, 6.07) is 6.22. The maximum atomic E-state index is 12.0. The van der Waals surface area contributed by atoms with Crippen LogP contribution >= 0.6 is 11.8 Å². The van der Waals surface area contributed by atoms with Crippen molar-refractivity contribution in [1.29, 1.82) is 0 Å². The van der Waals surface area contributed by atoms with Gasteiger partial charge in [-0.15, -0.1) is 0 Å². The highest BCUT2D eigenvalue weighted by molar-refractivity contribution is 7.99. The van der Waals surface area contributed by atoms with Gasteiger partial charge in [-0.2, -0.15) is 0 Å². The van der Waals surface area contributed by atoms with Crippen molar-refractivity contribution in [2.75, 3.05) is 24.3 Å². The summed E-state index contributed by atoms with van der Waals surface area (Å²) < 4.78 is 10.9. The number of carbonyl (C=O) groups excluding carboxylic acids is 2. The van der Waals surface area contributed by atoms with Crippen molar-refractivity contribution in [2.45, 2.75) is 18.9 Å². The first kappa shape index (κ1) is 18.0. The normalized spacial score (nSPS) is 12.4. The fourth-order valence-electron chi connectivity index (χ4n) is 2.34. The average molecular weight is 374 g/mol. The van der Waals surface area contributed by atoms with Gasteiger partial charge in [0, 0.05) is 17.4 Å². The molecule has 136 valence electrons. The third kappa shape index (κ3) is 4.85. The molecule has 3 rings (SSSR count). The summed E-state index contributed by atoms with van der Waals surface area (Å²) in [6.45, 7) is 4.61. The lowest BCUT2D eigenvalue weighted by Crippen LogP contribution is -2.35. The number of thioether (sulfide) groups is 1. The van der Waals surface area contributed by atoms with Crippen molar-refractivity contribution < 1.29 is 19.1 Å². The number of urea groups is 1. The van der Waals surface area contributed by atoms with Gasteiger partial charge in [0.25, 0.3) is 0 Å². The molecule has 0 fully saturated rings. The van der Waals surface area contributed by atoms with Gasteiger partial charge in [0.15, 0.2) is 11.5 Å². The first-order chi connectivity index (χ1) is 12.5. The molecule has 8 nitrogen and oxygen atoms in total. The van der Waals surface area contributed by atoms with Gasteiger partial charge in [0.05, 0.1) is 5.75 Å². The second kappa shape index (κ2) is 8.05. The summed E-state index contributed by atoms with van der Waals surface area (Å²) in [4.78, 5) is 32.3. The number of fused-ring (bicyclic) bond motifs is 1. The molecule has 3 amide bonds. The van der Waals surface area contributed by atoms with Crippen LogP contribution in [0.5, 0.6) is 11.5 Å². The molecule has 26 heavy (non-hydrogen) atoms. The van der Waals surface area contributed by atoms with Crippen LogP contribution in [0.2, 0.25) is 0 Å². The minimum Gasteiger partial charge on any atom is -0.486 e. The monoisotopic (exact) mass is 374 g/mol. The highest BCUT2D eigenvalue weighted by Gasteiger charge is 2.14. The van der Waals surface area contributed by atoms with E-state index >= 15 is 0 Å². The van der Waals surface area contributed by atoms with Gasteiger partial charge in [0.2, 0.25) is 5.91 Å². The van der Waals surface area contributed by atoms with Crippen LogP contribution in [0.15, 0.2) is 29.3 Å². The molecule has 0 atom stereocenters. The lowest BCUT2D eigenvalue weighted by molar-refractivity contribution is -0.117. The van der Waals surface area contributed by atoms with E-state index in [1.807, 2.05) is 6.92 Å². The van der Waals surface area contributed by atoms with Gasteiger partial charge in [-0.3, -0.25) is 10.1 Å². The number of hydrogen-bond acceptors (Lipinski definition) is 7. The molecule has 0 saturated heterocycles. The van der Waals surface area contributed by atoms with E-state index in [2.05, 4.69) is 20.6 Å². The first-order valence-corrected chi connectivity index (χ1v) is 8.94. The van der Waals surface area contributed by atoms with Gasteiger partial charge in [-0.1, -0.05) is 11.8 Å². The summed E-state index contributed by atoms with van der Waals surface area (Å²) in [5.41, 5.74) is 1.34. The van der Waals surface area contributed by atoms with Crippen molar-refractivity contribution >= 4 is 29.4 Å². The van der Waals surface area contributed by atoms with E-state index in [9.17, 15) is 9.59 Å². The van der Waals surface area contributed by atoms with Gasteiger partial charge in [-0.05, 0) is 32.0 Å². The molecule has 2 N–H and O–H groups in total. The van der Waals surface area contributed by atoms with Crippen molar-refractivity contribution in [3.8, 4) is 11.5 Å². The number of anilines is 1. The third-order valence-corrected chi connectivity index (χ3v) is 4.26. The van der Waals surface area contributed by atoms with Gasteiger partial charge >= 0.3 is 6.03 Å². The number of benzene rings is 1. The average Bonchev–Trinajstić information content (AvgIpc) is 2.59. The molecular weight excluding hydrogens is 356 g/mol. The number of nitrogens with one attached hydrogen (secondary N) is 2. The van der Waals surface area contributed by atoms with E-state index in [-0.39, 0.29) is 5.75 Å². The Kier molecular flexibility index (Phi) is 5.57.